The lowest BCUT2D eigenvalue weighted by atomic mass is 9.68. The molecule has 3 heterocycles. The first-order valence-electron chi connectivity index (χ1n) is 12.0. The fourth-order valence-corrected chi connectivity index (χ4v) is 6.22. The third-order valence-electron chi connectivity index (χ3n) is 7.92. The van der Waals surface area contributed by atoms with Crippen molar-refractivity contribution in [3.05, 3.63) is 65.1 Å². The molecule has 1 N–H and O–H groups in total. The van der Waals surface area contributed by atoms with Crippen molar-refractivity contribution >= 4 is 16.8 Å². The highest BCUT2D eigenvalue weighted by Crippen LogP contribution is 2.50. The van der Waals surface area contributed by atoms with Crippen molar-refractivity contribution in [2.45, 2.75) is 24.3 Å². The van der Waals surface area contributed by atoms with E-state index in [-0.39, 0.29) is 17.9 Å². The van der Waals surface area contributed by atoms with E-state index < -0.39 is 11.9 Å². The maximum absolute atomic E-state index is 14.0. The van der Waals surface area contributed by atoms with Gasteiger partial charge < -0.3 is 24.2 Å². The number of methoxy groups -OCH3 is 1. The summed E-state index contributed by atoms with van der Waals surface area (Å²) in [5.74, 6) is 0.894. The van der Waals surface area contributed by atoms with Crippen molar-refractivity contribution in [3.8, 4) is 5.75 Å². The molecule has 0 bridgehead atoms. The third kappa shape index (κ3) is 3.25. The number of aromatic nitrogens is 1. The molecule has 0 unspecified atom stereocenters. The molecule has 1 spiro atoms. The van der Waals surface area contributed by atoms with Crippen LogP contribution in [0.2, 0.25) is 0 Å². The van der Waals surface area contributed by atoms with E-state index in [1.54, 1.807) is 24.1 Å². The molecule has 7 heteroatoms. The molecule has 0 radical (unpaired) electrons. The molecule has 2 aromatic carbocycles. The Morgan fingerprint density at radius 2 is 1.97 bits per heavy atom. The molecule has 2 aliphatic heterocycles. The summed E-state index contributed by atoms with van der Waals surface area (Å²) in [6, 6.07) is 11.4. The van der Waals surface area contributed by atoms with Crippen molar-refractivity contribution in [2.24, 2.45) is 13.0 Å². The highest BCUT2D eigenvalue weighted by Gasteiger charge is 2.54. The van der Waals surface area contributed by atoms with E-state index in [0.717, 1.165) is 47.9 Å². The zero-order valence-electron chi connectivity index (χ0n) is 19.6. The van der Waals surface area contributed by atoms with Crippen molar-refractivity contribution in [1.82, 2.24) is 14.4 Å². The predicted octanol–water partition coefficient (Wildman–Crippen LogP) is 3.48. The second-order valence-electron chi connectivity index (χ2n) is 10.2. The number of hydrogen-bond acceptors (Lipinski definition) is 4. The van der Waals surface area contributed by atoms with Crippen molar-refractivity contribution in [3.63, 3.8) is 0 Å². The van der Waals surface area contributed by atoms with Crippen molar-refractivity contribution in [2.75, 3.05) is 39.9 Å². The molecule has 3 aliphatic rings. The molecule has 1 saturated heterocycles. The number of hydrogen-bond donors (Lipinski definition) is 1. The van der Waals surface area contributed by atoms with E-state index in [0.29, 0.717) is 12.1 Å². The number of carbonyl (C=O) groups is 1. The fraction of sp³-hybridized carbons (Fsp3) is 0.444. The molecule has 1 aliphatic carbocycles. The van der Waals surface area contributed by atoms with Crippen LogP contribution in [-0.2, 0) is 12.5 Å². The van der Waals surface area contributed by atoms with Gasteiger partial charge in [0.25, 0.3) is 5.91 Å². The van der Waals surface area contributed by atoms with Crippen LogP contribution < -0.4 is 4.74 Å². The molecule has 1 saturated carbocycles. The second kappa shape index (κ2) is 7.82. The molecular weight excluding hydrogens is 433 g/mol. The van der Waals surface area contributed by atoms with Gasteiger partial charge >= 0.3 is 0 Å². The Kier molecular flexibility index (Phi) is 4.97. The van der Waals surface area contributed by atoms with Crippen molar-refractivity contribution < 1.29 is 19.0 Å². The van der Waals surface area contributed by atoms with E-state index in [1.165, 1.54) is 30.5 Å². The molecular formula is C27H30FN3O3. The van der Waals surface area contributed by atoms with Crippen LogP contribution >= 0.6 is 0 Å². The molecule has 3 aromatic rings. The maximum atomic E-state index is 14.0. The molecule has 6 rings (SSSR count). The van der Waals surface area contributed by atoms with Crippen LogP contribution in [0.1, 0.15) is 40.5 Å². The van der Waals surface area contributed by atoms with E-state index in [4.69, 9.17) is 4.74 Å². The minimum Gasteiger partial charge on any atom is -0.497 e. The van der Waals surface area contributed by atoms with Gasteiger partial charge in [0.15, 0.2) is 0 Å². The second-order valence-corrected chi connectivity index (χ2v) is 10.2. The quantitative estimate of drug-likeness (QED) is 0.630. The summed E-state index contributed by atoms with van der Waals surface area (Å²) in [6.07, 6.45) is 2.61. The van der Waals surface area contributed by atoms with Crippen LogP contribution in [0.3, 0.4) is 0 Å². The minimum atomic E-state index is -0.503. The SMILES string of the molecule is COc1ccc2c3c(n(C)c2c1)[C@@H](CO)N(C(=O)c1cccc(F)c1)CC31CN(CC2CC2)C1. The van der Waals surface area contributed by atoms with Crippen LogP contribution in [0.4, 0.5) is 4.39 Å². The standard InChI is InChI=1S/C27H30FN3O3/c1-29-22-11-20(34-2)8-9-21(22)24-25(29)23(13-32)31(26(33)18-4-3-5-19(28)10-18)16-27(24)14-30(15-27)12-17-6-7-17/h3-5,8-11,17,23,32H,6-7,12-16H2,1-2H3/t23-/m1/s1. The Morgan fingerprint density at radius 3 is 2.65 bits per heavy atom. The van der Waals surface area contributed by atoms with E-state index in [2.05, 4.69) is 15.5 Å². The van der Waals surface area contributed by atoms with Gasteiger partial charge in [0.05, 0.1) is 25.3 Å². The number of halogens is 1. The smallest absolute Gasteiger partial charge is 0.254 e. The van der Waals surface area contributed by atoms with Crippen LogP contribution in [0.15, 0.2) is 42.5 Å². The summed E-state index contributed by atoms with van der Waals surface area (Å²) >= 11 is 0. The van der Waals surface area contributed by atoms with Crippen LogP contribution in [0, 0.1) is 11.7 Å². The number of aliphatic hydroxyl groups excluding tert-OH is 1. The highest BCUT2D eigenvalue weighted by molar-refractivity contribution is 5.96. The zero-order chi connectivity index (χ0) is 23.6. The Balaban J connectivity index is 1.49. The van der Waals surface area contributed by atoms with E-state index in [1.807, 2.05) is 19.2 Å². The number of fused-ring (bicyclic) bond motifs is 4. The number of likely N-dealkylation sites (tertiary alicyclic amines) is 1. The topological polar surface area (TPSA) is 57.9 Å². The summed E-state index contributed by atoms with van der Waals surface area (Å²) in [4.78, 5) is 17.9. The summed E-state index contributed by atoms with van der Waals surface area (Å²) in [5, 5.41) is 11.7. The summed E-state index contributed by atoms with van der Waals surface area (Å²) in [7, 11) is 3.65. The number of rotatable bonds is 5. The van der Waals surface area contributed by atoms with Gasteiger partial charge in [-0.05, 0) is 54.7 Å². The largest absolute Gasteiger partial charge is 0.497 e. The molecule has 2 fully saturated rings. The van der Waals surface area contributed by atoms with Gasteiger partial charge in [0.1, 0.15) is 11.6 Å². The normalized spacial score (nSPS) is 21.5. The van der Waals surface area contributed by atoms with Gasteiger partial charge in [-0.3, -0.25) is 4.79 Å². The molecule has 6 nitrogen and oxygen atoms in total. The number of ether oxygens (including phenoxy) is 1. The van der Waals surface area contributed by atoms with Crippen LogP contribution in [-0.4, -0.2) is 65.3 Å². The first-order chi connectivity index (χ1) is 16.4. The Bertz CT molecular complexity index is 1280. The molecule has 1 atom stereocenters. The van der Waals surface area contributed by atoms with Gasteiger partial charge in [-0.2, -0.15) is 0 Å². The molecule has 1 amide bonds. The molecule has 1 aromatic heterocycles. The zero-order valence-corrected chi connectivity index (χ0v) is 19.6. The lowest BCUT2D eigenvalue weighted by Crippen LogP contribution is -2.67. The summed E-state index contributed by atoms with van der Waals surface area (Å²) in [6.45, 7) is 3.18. The monoisotopic (exact) mass is 463 g/mol. The Labute approximate surface area is 198 Å². The van der Waals surface area contributed by atoms with Gasteiger partial charge in [-0.1, -0.05) is 6.07 Å². The van der Waals surface area contributed by atoms with Gasteiger partial charge in [-0.15, -0.1) is 0 Å². The first-order valence-corrected chi connectivity index (χ1v) is 12.0. The van der Waals surface area contributed by atoms with Crippen molar-refractivity contribution in [1.29, 1.82) is 0 Å². The van der Waals surface area contributed by atoms with Crippen LogP contribution in [0.25, 0.3) is 10.9 Å². The van der Waals surface area contributed by atoms with Crippen LogP contribution in [0.5, 0.6) is 5.75 Å². The average Bonchev–Trinajstić information content (AvgIpc) is 3.60. The third-order valence-corrected chi connectivity index (χ3v) is 7.92. The number of carbonyl (C=O) groups excluding carboxylic acids is 1. The minimum absolute atomic E-state index is 0.197. The number of aliphatic hydroxyl groups is 1. The van der Waals surface area contributed by atoms with Gasteiger partial charge in [0, 0.05) is 61.4 Å². The number of aryl methyl sites for hydroxylation is 1. The van der Waals surface area contributed by atoms with Gasteiger partial charge in [0.2, 0.25) is 0 Å². The maximum Gasteiger partial charge on any atom is 0.254 e. The van der Waals surface area contributed by atoms with Gasteiger partial charge in [-0.25, -0.2) is 4.39 Å². The number of nitrogens with zero attached hydrogens (tertiary/aromatic N) is 3. The number of amides is 1. The molecule has 178 valence electrons. The van der Waals surface area contributed by atoms with E-state index in [9.17, 15) is 14.3 Å². The van der Waals surface area contributed by atoms with E-state index >= 15 is 0 Å². The fourth-order valence-electron chi connectivity index (χ4n) is 6.22. The Morgan fingerprint density at radius 1 is 1.18 bits per heavy atom. The lowest BCUT2D eigenvalue weighted by Gasteiger charge is -2.56. The summed E-state index contributed by atoms with van der Waals surface area (Å²) < 4.78 is 21.5. The average molecular weight is 464 g/mol. The molecule has 34 heavy (non-hydrogen) atoms. The highest BCUT2D eigenvalue weighted by atomic mass is 19.1. The predicted molar refractivity (Wildman–Crippen MR) is 128 cm³/mol. The first kappa shape index (κ1) is 21.6. The number of benzene rings is 2. The Hall–Kier alpha value is -2.90. The lowest BCUT2D eigenvalue weighted by molar-refractivity contribution is -0.00310. The summed E-state index contributed by atoms with van der Waals surface area (Å²) in [5.41, 5.74) is 3.33.